The summed E-state index contributed by atoms with van der Waals surface area (Å²) < 4.78 is 1.15. The molecule has 0 spiro atoms. The Morgan fingerprint density at radius 3 is 2.29 bits per heavy atom. The Bertz CT molecular complexity index is 242. The number of fused-ring (bicyclic) bond motifs is 1. The number of aliphatic hydroxyl groups excluding tert-OH is 1. The average molecular weight is 309 g/mol. The monoisotopic (exact) mass is 308 g/mol. The van der Waals surface area contributed by atoms with Crippen LogP contribution in [0.5, 0.6) is 0 Å². The number of piperidine rings is 2. The van der Waals surface area contributed by atoms with Gasteiger partial charge in [0.1, 0.15) is 12.1 Å². The molecule has 0 aromatic heterocycles. The van der Waals surface area contributed by atoms with Crippen LogP contribution >= 0.6 is 0 Å². The second kappa shape index (κ2) is 7.34. The molecule has 2 heterocycles. The van der Waals surface area contributed by atoms with E-state index in [0.29, 0.717) is 6.04 Å². The summed E-state index contributed by atoms with van der Waals surface area (Å²) in [4.78, 5) is 8.89. The Kier molecular flexibility index (Phi) is 7.28. The molecule has 3 atom stereocenters. The van der Waals surface area contributed by atoms with Gasteiger partial charge in [0, 0.05) is 12.4 Å². The maximum absolute atomic E-state index is 9.85. The first kappa shape index (κ1) is 16.9. The number of quaternary nitrogens is 1. The van der Waals surface area contributed by atoms with E-state index in [9.17, 15) is 5.11 Å². The predicted octanol–water partition coefficient (Wildman–Crippen LogP) is -3.10. The van der Waals surface area contributed by atoms with Crippen LogP contribution in [0.1, 0.15) is 39.0 Å². The number of carboxylic acids is 1. The molecule has 2 saturated heterocycles. The van der Waals surface area contributed by atoms with E-state index in [1.54, 1.807) is 0 Å². The highest BCUT2D eigenvalue weighted by Gasteiger charge is 2.42. The number of carbonyl (C=O) groups is 1. The standard InChI is InChI=1S/C10H20NO.C2H4O2.BrH/c1-11-7-3-2-5-9(11)10(12)6-4-8-11;1-2(3)4;/h9-10,12H,2-8H2,1H3;1H3,(H,3,4);1H/q+1;;/p-2/t9-,10-,11?;;/m1../s1. The highest BCUT2D eigenvalue weighted by Crippen LogP contribution is 2.31. The first-order chi connectivity index (χ1) is 7.46. The molecule has 2 aliphatic heterocycles. The van der Waals surface area contributed by atoms with Crippen molar-refractivity contribution < 1.29 is 36.5 Å². The van der Waals surface area contributed by atoms with Crippen LogP contribution in [0.4, 0.5) is 0 Å². The van der Waals surface area contributed by atoms with Crippen LogP contribution in [0.15, 0.2) is 0 Å². The van der Waals surface area contributed by atoms with Gasteiger partial charge in [-0.25, -0.2) is 0 Å². The molecular formula is C12H23BrNO3-. The summed E-state index contributed by atoms with van der Waals surface area (Å²) in [5.74, 6) is -1.08. The molecule has 1 N–H and O–H groups in total. The van der Waals surface area contributed by atoms with Crippen LogP contribution in [0.25, 0.3) is 0 Å². The third kappa shape index (κ3) is 4.94. The maximum Gasteiger partial charge on any atom is 0.115 e. The van der Waals surface area contributed by atoms with Gasteiger partial charge in [-0.3, -0.25) is 0 Å². The summed E-state index contributed by atoms with van der Waals surface area (Å²) in [5.41, 5.74) is 0. The summed E-state index contributed by atoms with van der Waals surface area (Å²) in [5, 5.41) is 18.7. The molecule has 0 aromatic rings. The zero-order valence-electron chi connectivity index (χ0n) is 10.7. The van der Waals surface area contributed by atoms with Crippen molar-refractivity contribution in [3.05, 3.63) is 0 Å². The van der Waals surface area contributed by atoms with Crippen LogP contribution in [-0.2, 0) is 4.79 Å². The number of halogens is 1. The molecule has 2 rings (SSSR count). The number of hydrogen-bond acceptors (Lipinski definition) is 3. The number of nitrogens with zero attached hydrogens (tertiary/aromatic N) is 1. The van der Waals surface area contributed by atoms with Gasteiger partial charge in [0.05, 0.1) is 20.1 Å². The summed E-state index contributed by atoms with van der Waals surface area (Å²) >= 11 is 0. The average Bonchev–Trinajstić information content (AvgIpc) is 2.16. The van der Waals surface area contributed by atoms with E-state index in [1.165, 1.54) is 38.8 Å². The second-order valence-corrected chi connectivity index (χ2v) is 5.19. The molecule has 0 aliphatic carbocycles. The number of carboxylic acid groups (broad SMARTS) is 1. The number of carbonyl (C=O) groups excluding carboxylic acids is 1. The minimum atomic E-state index is -1.08. The molecule has 5 heteroatoms. The van der Waals surface area contributed by atoms with Crippen molar-refractivity contribution >= 4 is 5.97 Å². The number of aliphatic carboxylic acids is 1. The van der Waals surface area contributed by atoms with E-state index in [4.69, 9.17) is 9.90 Å². The molecule has 0 amide bonds. The van der Waals surface area contributed by atoms with Gasteiger partial charge >= 0.3 is 0 Å². The Morgan fingerprint density at radius 1 is 1.24 bits per heavy atom. The lowest BCUT2D eigenvalue weighted by Crippen LogP contribution is -3.00. The van der Waals surface area contributed by atoms with Gasteiger partial charge in [0.25, 0.3) is 0 Å². The smallest absolute Gasteiger partial charge is 0.115 e. The summed E-state index contributed by atoms with van der Waals surface area (Å²) in [7, 11) is 2.33. The van der Waals surface area contributed by atoms with Crippen molar-refractivity contribution in [2.75, 3.05) is 20.1 Å². The van der Waals surface area contributed by atoms with Crippen LogP contribution in [0.2, 0.25) is 0 Å². The van der Waals surface area contributed by atoms with Crippen molar-refractivity contribution in [1.82, 2.24) is 0 Å². The van der Waals surface area contributed by atoms with Gasteiger partial charge in [0.15, 0.2) is 0 Å². The van der Waals surface area contributed by atoms with E-state index in [1.807, 2.05) is 0 Å². The van der Waals surface area contributed by atoms with Gasteiger partial charge in [0.2, 0.25) is 0 Å². The first-order valence-electron chi connectivity index (χ1n) is 6.15. The van der Waals surface area contributed by atoms with Crippen molar-refractivity contribution in [2.45, 2.75) is 51.2 Å². The Morgan fingerprint density at radius 2 is 1.76 bits per heavy atom. The third-order valence-electron chi connectivity index (χ3n) is 3.83. The highest BCUT2D eigenvalue weighted by molar-refractivity contribution is 5.60. The molecule has 0 saturated carbocycles. The van der Waals surface area contributed by atoms with Gasteiger partial charge in [-0.2, -0.15) is 0 Å². The third-order valence-corrected chi connectivity index (χ3v) is 3.83. The summed E-state index contributed by atoms with van der Waals surface area (Å²) in [6.07, 6.45) is 6.18. The lowest BCUT2D eigenvalue weighted by Gasteiger charge is -2.49. The van der Waals surface area contributed by atoms with Crippen LogP contribution in [0.3, 0.4) is 0 Å². The molecule has 4 nitrogen and oxygen atoms in total. The maximum atomic E-state index is 9.85. The minimum Gasteiger partial charge on any atom is -1.00 e. The van der Waals surface area contributed by atoms with Crippen LogP contribution < -0.4 is 22.1 Å². The Balaban J connectivity index is 0.000000453. The minimum absolute atomic E-state index is 0. The zero-order valence-corrected chi connectivity index (χ0v) is 12.3. The fourth-order valence-electron chi connectivity index (χ4n) is 3.04. The number of hydrogen-bond donors (Lipinski definition) is 1. The lowest BCUT2D eigenvalue weighted by molar-refractivity contribution is -0.946. The molecular weight excluding hydrogens is 286 g/mol. The summed E-state index contributed by atoms with van der Waals surface area (Å²) in [6, 6.07) is 0.562. The molecule has 0 bridgehead atoms. The zero-order chi connectivity index (χ0) is 12.2. The van der Waals surface area contributed by atoms with Crippen molar-refractivity contribution in [1.29, 1.82) is 0 Å². The second-order valence-electron chi connectivity index (χ2n) is 5.19. The van der Waals surface area contributed by atoms with Gasteiger partial charge in [-0.15, -0.1) is 0 Å². The number of rotatable bonds is 0. The Hall–Kier alpha value is -0.130. The van der Waals surface area contributed by atoms with Crippen molar-refractivity contribution in [3.8, 4) is 0 Å². The predicted molar refractivity (Wildman–Crippen MR) is 59.5 cm³/mol. The van der Waals surface area contributed by atoms with Gasteiger partial charge in [-0.1, -0.05) is 0 Å². The topological polar surface area (TPSA) is 60.4 Å². The number of likely N-dealkylation sites (N-methyl/N-ethyl adjacent to an activating group) is 1. The molecule has 0 aromatic carbocycles. The Labute approximate surface area is 114 Å². The molecule has 17 heavy (non-hydrogen) atoms. The van der Waals surface area contributed by atoms with E-state index < -0.39 is 5.97 Å². The lowest BCUT2D eigenvalue weighted by atomic mass is 9.88. The highest BCUT2D eigenvalue weighted by atomic mass is 79.9. The fraction of sp³-hybridized carbons (Fsp3) is 0.917. The molecule has 1 unspecified atom stereocenters. The normalized spacial score (nSPS) is 35.7. The SMILES string of the molecule is CC(=O)[O-].C[N+]12CCCC[C@@H]1[C@H](O)CCC2.[Br-]. The fourth-order valence-corrected chi connectivity index (χ4v) is 3.04. The quantitative estimate of drug-likeness (QED) is 0.482. The van der Waals surface area contributed by atoms with Gasteiger partial charge < -0.3 is 36.5 Å². The summed E-state index contributed by atoms with van der Waals surface area (Å²) in [6.45, 7) is 3.56. The number of aliphatic hydroxyl groups is 1. The van der Waals surface area contributed by atoms with Gasteiger partial charge in [-0.05, 0) is 32.6 Å². The molecule has 2 fully saturated rings. The first-order valence-corrected chi connectivity index (χ1v) is 6.15. The van der Waals surface area contributed by atoms with E-state index in [0.717, 1.165) is 17.8 Å². The van der Waals surface area contributed by atoms with E-state index in [-0.39, 0.29) is 23.1 Å². The van der Waals surface area contributed by atoms with E-state index in [2.05, 4.69) is 7.05 Å². The van der Waals surface area contributed by atoms with Crippen LogP contribution in [-0.4, -0.2) is 47.8 Å². The molecule has 102 valence electrons. The van der Waals surface area contributed by atoms with E-state index >= 15 is 0 Å². The van der Waals surface area contributed by atoms with Crippen LogP contribution in [0, 0.1) is 0 Å². The largest absolute Gasteiger partial charge is 1.00 e. The molecule has 0 radical (unpaired) electrons. The van der Waals surface area contributed by atoms with Crippen molar-refractivity contribution in [2.24, 2.45) is 0 Å². The van der Waals surface area contributed by atoms with Crippen molar-refractivity contribution in [3.63, 3.8) is 0 Å². The molecule has 2 aliphatic rings.